The van der Waals surface area contributed by atoms with Crippen LogP contribution in [0.4, 0.5) is 20.5 Å². The van der Waals surface area contributed by atoms with Crippen LogP contribution in [0.5, 0.6) is 0 Å². The molecule has 0 spiro atoms. The van der Waals surface area contributed by atoms with Gasteiger partial charge in [-0.15, -0.1) is 0 Å². The first-order valence-corrected chi connectivity index (χ1v) is 3.39. The van der Waals surface area contributed by atoms with Crippen molar-refractivity contribution in [2.75, 3.05) is 11.5 Å². The van der Waals surface area contributed by atoms with Crippen molar-refractivity contribution in [1.29, 1.82) is 0 Å². The zero-order chi connectivity index (χ0) is 9.59. The van der Waals surface area contributed by atoms with E-state index in [2.05, 4.69) is 9.40 Å². The molecule has 0 amide bonds. The average Bonchev–Trinajstić information content (AvgIpc) is 2.44. The summed E-state index contributed by atoms with van der Waals surface area (Å²) < 4.78 is 30.5. The second-order valence-corrected chi connectivity index (χ2v) is 2.48. The summed E-state index contributed by atoms with van der Waals surface area (Å²) in [6, 6.07) is 0.383. The van der Waals surface area contributed by atoms with Gasteiger partial charge in [0.2, 0.25) is 0 Å². The molecule has 0 unspecified atom stereocenters. The lowest BCUT2D eigenvalue weighted by Crippen LogP contribution is -1.93. The van der Waals surface area contributed by atoms with Crippen LogP contribution < -0.4 is 11.5 Å². The standard InChI is InChI=1S/C7H5F2N3O/c8-2-1-3(9)6-5(4(2)10)12-7(11)13-6/h1H,10H2,(H2,11,12). The molecule has 2 aromatic rings. The normalized spacial score (nSPS) is 10.9. The predicted octanol–water partition coefficient (Wildman–Crippen LogP) is 1.27. The molecule has 0 radical (unpaired) electrons. The van der Waals surface area contributed by atoms with Crippen LogP contribution in [0.3, 0.4) is 0 Å². The van der Waals surface area contributed by atoms with Crippen LogP contribution in [-0.2, 0) is 0 Å². The lowest BCUT2D eigenvalue weighted by Gasteiger charge is -1.95. The number of rotatable bonds is 0. The van der Waals surface area contributed by atoms with Gasteiger partial charge in [0.1, 0.15) is 5.52 Å². The minimum Gasteiger partial charge on any atom is -0.420 e. The molecule has 68 valence electrons. The summed E-state index contributed by atoms with van der Waals surface area (Å²) in [5, 5.41) is 0. The van der Waals surface area contributed by atoms with Gasteiger partial charge in [-0.2, -0.15) is 4.98 Å². The highest BCUT2D eigenvalue weighted by molar-refractivity contribution is 5.87. The van der Waals surface area contributed by atoms with E-state index in [0.717, 1.165) is 0 Å². The van der Waals surface area contributed by atoms with Crippen LogP contribution in [-0.4, -0.2) is 4.98 Å². The summed E-state index contributed by atoms with van der Waals surface area (Å²) in [6.07, 6.45) is 0. The molecule has 4 N–H and O–H groups in total. The summed E-state index contributed by atoms with van der Waals surface area (Å²) >= 11 is 0. The van der Waals surface area contributed by atoms with Crippen LogP contribution >= 0.6 is 0 Å². The zero-order valence-electron chi connectivity index (χ0n) is 6.34. The Balaban J connectivity index is 2.95. The molecule has 4 nitrogen and oxygen atoms in total. The van der Waals surface area contributed by atoms with Crippen LogP contribution in [0.15, 0.2) is 10.5 Å². The Bertz CT molecular complexity index is 480. The molecule has 0 bridgehead atoms. The van der Waals surface area contributed by atoms with Gasteiger partial charge in [-0.25, -0.2) is 8.78 Å². The summed E-state index contributed by atoms with van der Waals surface area (Å²) in [5.41, 5.74) is 9.86. The fourth-order valence-electron chi connectivity index (χ4n) is 1.05. The van der Waals surface area contributed by atoms with Crippen molar-refractivity contribution in [3.8, 4) is 0 Å². The molecule has 0 saturated carbocycles. The third-order valence-corrected chi connectivity index (χ3v) is 1.63. The smallest absolute Gasteiger partial charge is 0.293 e. The van der Waals surface area contributed by atoms with E-state index >= 15 is 0 Å². The summed E-state index contributed by atoms with van der Waals surface area (Å²) in [5.74, 6) is -1.75. The minimum absolute atomic E-state index is 0.0880. The second-order valence-electron chi connectivity index (χ2n) is 2.48. The first kappa shape index (κ1) is 7.78. The number of aromatic nitrogens is 1. The van der Waals surface area contributed by atoms with E-state index in [9.17, 15) is 8.78 Å². The Morgan fingerprint density at radius 3 is 2.62 bits per heavy atom. The van der Waals surface area contributed by atoms with Gasteiger partial charge in [0, 0.05) is 6.07 Å². The lowest BCUT2D eigenvalue weighted by atomic mass is 10.2. The number of halogens is 2. The van der Waals surface area contributed by atoms with E-state index in [4.69, 9.17) is 11.5 Å². The Morgan fingerprint density at radius 1 is 1.23 bits per heavy atom. The highest BCUT2D eigenvalue weighted by Crippen LogP contribution is 2.27. The van der Waals surface area contributed by atoms with E-state index in [1.807, 2.05) is 0 Å². The Hall–Kier alpha value is -1.85. The van der Waals surface area contributed by atoms with Crippen LogP contribution in [0.25, 0.3) is 11.1 Å². The number of fused-ring (bicyclic) bond motifs is 1. The summed E-state index contributed by atoms with van der Waals surface area (Å²) in [4.78, 5) is 3.54. The molecule has 13 heavy (non-hydrogen) atoms. The number of benzene rings is 1. The number of hydrogen-bond donors (Lipinski definition) is 2. The molecule has 0 saturated heterocycles. The van der Waals surface area contributed by atoms with Crippen molar-refractivity contribution in [3.05, 3.63) is 17.7 Å². The maximum absolute atomic E-state index is 13.0. The quantitative estimate of drug-likeness (QED) is 0.606. The van der Waals surface area contributed by atoms with Crippen molar-refractivity contribution in [2.24, 2.45) is 0 Å². The summed E-state index contributed by atoms with van der Waals surface area (Å²) in [7, 11) is 0. The minimum atomic E-state index is -0.877. The van der Waals surface area contributed by atoms with Gasteiger partial charge in [-0.1, -0.05) is 0 Å². The Morgan fingerprint density at radius 2 is 1.92 bits per heavy atom. The molecule has 6 heteroatoms. The van der Waals surface area contributed by atoms with Gasteiger partial charge in [-0.3, -0.25) is 0 Å². The van der Waals surface area contributed by atoms with Crippen LogP contribution in [0.1, 0.15) is 0 Å². The van der Waals surface area contributed by atoms with Crippen molar-refractivity contribution >= 4 is 22.8 Å². The first-order chi connectivity index (χ1) is 6.09. The van der Waals surface area contributed by atoms with E-state index in [-0.39, 0.29) is 22.8 Å². The lowest BCUT2D eigenvalue weighted by molar-refractivity contribution is 0.554. The number of hydrogen-bond acceptors (Lipinski definition) is 4. The molecule has 2 rings (SSSR count). The largest absolute Gasteiger partial charge is 0.420 e. The zero-order valence-corrected chi connectivity index (χ0v) is 6.34. The molecular formula is C7H5F2N3O. The van der Waals surface area contributed by atoms with E-state index in [0.29, 0.717) is 6.07 Å². The van der Waals surface area contributed by atoms with E-state index in [1.54, 1.807) is 0 Å². The molecule has 1 heterocycles. The number of nitrogen functional groups attached to an aromatic ring is 2. The van der Waals surface area contributed by atoms with E-state index in [1.165, 1.54) is 0 Å². The molecule has 0 atom stereocenters. The fraction of sp³-hybridized carbons (Fsp3) is 0. The van der Waals surface area contributed by atoms with Crippen molar-refractivity contribution in [2.45, 2.75) is 0 Å². The Kier molecular flexibility index (Phi) is 1.39. The average molecular weight is 185 g/mol. The highest BCUT2D eigenvalue weighted by Gasteiger charge is 2.15. The Labute approximate surface area is 71.1 Å². The van der Waals surface area contributed by atoms with Gasteiger partial charge in [0.15, 0.2) is 17.2 Å². The maximum Gasteiger partial charge on any atom is 0.293 e. The van der Waals surface area contributed by atoms with Crippen LogP contribution in [0.2, 0.25) is 0 Å². The SMILES string of the molecule is Nc1nc2c(N)c(F)cc(F)c2o1. The van der Waals surface area contributed by atoms with Gasteiger partial charge in [0.25, 0.3) is 6.01 Å². The van der Waals surface area contributed by atoms with Crippen molar-refractivity contribution < 1.29 is 13.2 Å². The number of oxazole rings is 1. The second kappa shape index (κ2) is 2.32. The molecule has 0 fully saturated rings. The fourth-order valence-corrected chi connectivity index (χ4v) is 1.05. The maximum atomic E-state index is 13.0. The molecule has 0 aliphatic carbocycles. The molecule has 0 aliphatic rings. The monoisotopic (exact) mass is 185 g/mol. The van der Waals surface area contributed by atoms with Gasteiger partial charge in [-0.05, 0) is 0 Å². The highest BCUT2D eigenvalue weighted by atomic mass is 19.1. The van der Waals surface area contributed by atoms with Crippen molar-refractivity contribution in [3.63, 3.8) is 0 Å². The topological polar surface area (TPSA) is 78.1 Å². The molecule has 1 aromatic carbocycles. The third kappa shape index (κ3) is 0.986. The first-order valence-electron chi connectivity index (χ1n) is 3.39. The van der Waals surface area contributed by atoms with Gasteiger partial charge >= 0.3 is 0 Å². The van der Waals surface area contributed by atoms with Gasteiger partial charge in [0.05, 0.1) is 5.69 Å². The molecule has 1 aromatic heterocycles. The summed E-state index contributed by atoms with van der Waals surface area (Å²) in [6.45, 7) is 0. The third-order valence-electron chi connectivity index (χ3n) is 1.63. The number of anilines is 2. The predicted molar refractivity (Wildman–Crippen MR) is 42.7 cm³/mol. The molecular weight excluding hydrogens is 180 g/mol. The number of nitrogens with zero attached hydrogens (tertiary/aromatic N) is 1. The molecule has 0 aliphatic heterocycles. The van der Waals surface area contributed by atoms with Crippen molar-refractivity contribution in [1.82, 2.24) is 4.98 Å². The van der Waals surface area contributed by atoms with Gasteiger partial charge < -0.3 is 15.9 Å². The van der Waals surface area contributed by atoms with E-state index < -0.39 is 11.6 Å². The van der Waals surface area contributed by atoms with Crippen LogP contribution in [0, 0.1) is 11.6 Å². The number of nitrogens with two attached hydrogens (primary N) is 2.